The topological polar surface area (TPSA) is 77.8 Å². The molecule has 0 aliphatic carbocycles. The molecule has 3 aromatic heterocycles. The largest absolute Gasteiger partial charge is 0.479 e. The highest BCUT2D eigenvalue weighted by atomic mass is 16.5. The van der Waals surface area contributed by atoms with Crippen molar-refractivity contribution in [1.82, 2.24) is 24.7 Å². The molecule has 0 fully saturated rings. The van der Waals surface area contributed by atoms with Gasteiger partial charge in [0.1, 0.15) is 11.4 Å². The number of methoxy groups -OCH3 is 1. The van der Waals surface area contributed by atoms with Crippen LogP contribution in [0.3, 0.4) is 0 Å². The fraction of sp³-hybridized carbons (Fsp3) is 0.280. The molecule has 0 saturated heterocycles. The molecule has 7 nitrogen and oxygen atoms in total. The molecule has 1 unspecified atom stereocenters. The van der Waals surface area contributed by atoms with Gasteiger partial charge >= 0.3 is 0 Å². The van der Waals surface area contributed by atoms with Crippen LogP contribution in [0.4, 0.5) is 5.82 Å². The van der Waals surface area contributed by atoms with Crippen LogP contribution >= 0.6 is 0 Å². The number of ether oxygens (including phenoxy) is 1. The summed E-state index contributed by atoms with van der Waals surface area (Å²) in [6.07, 6.45) is 3.68. The maximum atomic E-state index is 5.53. The van der Waals surface area contributed by atoms with E-state index in [1.165, 1.54) is 16.7 Å². The molecule has 1 atom stereocenters. The maximum Gasteiger partial charge on any atom is 0.238 e. The van der Waals surface area contributed by atoms with E-state index >= 15 is 0 Å². The van der Waals surface area contributed by atoms with Crippen molar-refractivity contribution in [3.63, 3.8) is 0 Å². The number of imidazole rings is 1. The molecule has 3 heterocycles. The molecular formula is C25H28N6O. The molecule has 7 heteroatoms. The third-order valence-electron chi connectivity index (χ3n) is 5.74. The van der Waals surface area contributed by atoms with Crippen LogP contribution in [-0.4, -0.2) is 31.8 Å². The molecule has 4 aromatic rings. The zero-order chi connectivity index (χ0) is 22.8. The lowest BCUT2D eigenvalue weighted by molar-refractivity contribution is 0.396. The minimum absolute atomic E-state index is 0.116. The van der Waals surface area contributed by atoms with Gasteiger partial charge in [0, 0.05) is 6.20 Å². The van der Waals surface area contributed by atoms with E-state index in [0.717, 1.165) is 22.8 Å². The summed E-state index contributed by atoms with van der Waals surface area (Å²) in [6.45, 7) is 10.4. The van der Waals surface area contributed by atoms with Gasteiger partial charge in [-0.2, -0.15) is 0 Å². The lowest BCUT2D eigenvalue weighted by Gasteiger charge is -2.19. The van der Waals surface area contributed by atoms with Crippen molar-refractivity contribution in [2.75, 3.05) is 12.4 Å². The second kappa shape index (κ2) is 8.78. The van der Waals surface area contributed by atoms with E-state index in [0.29, 0.717) is 17.3 Å². The Morgan fingerprint density at radius 2 is 1.78 bits per heavy atom. The van der Waals surface area contributed by atoms with Gasteiger partial charge in [-0.15, -0.1) is 10.2 Å². The summed E-state index contributed by atoms with van der Waals surface area (Å²) in [5, 5.41) is 12.4. The number of aryl methyl sites for hydroxylation is 3. The lowest BCUT2D eigenvalue weighted by atomic mass is 9.98. The summed E-state index contributed by atoms with van der Waals surface area (Å²) in [6, 6.07) is 12.4. The molecule has 0 aliphatic heterocycles. The molecular weight excluding hydrogens is 400 g/mol. The van der Waals surface area contributed by atoms with E-state index in [9.17, 15) is 0 Å². The highest BCUT2D eigenvalue weighted by Crippen LogP contribution is 2.28. The van der Waals surface area contributed by atoms with Gasteiger partial charge in [0.15, 0.2) is 5.82 Å². The summed E-state index contributed by atoms with van der Waals surface area (Å²) >= 11 is 0. The van der Waals surface area contributed by atoms with Crippen LogP contribution in [0.1, 0.15) is 40.9 Å². The Kier molecular flexibility index (Phi) is 5.90. The molecule has 0 radical (unpaired) electrons. The van der Waals surface area contributed by atoms with Crippen molar-refractivity contribution in [3.8, 4) is 23.0 Å². The summed E-state index contributed by atoms with van der Waals surface area (Å²) < 4.78 is 7.42. The van der Waals surface area contributed by atoms with Crippen LogP contribution < -0.4 is 10.1 Å². The average molecular weight is 429 g/mol. The van der Waals surface area contributed by atoms with Crippen LogP contribution in [0.2, 0.25) is 0 Å². The third-order valence-corrected chi connectivity index (χ3v) is 5.74. The van der Waals surface area contributed by atoms with Gasteiger partial charge in [0.2, 0.25) is 5.88 Å². The van der Waals surface area contributed by atoms with Crippen LogP contribution in [0, 0.1) is 27.7 Å². The van der Waals surface area contributed by atoms with Crippen LogP contribution in [-0.2, 0) is 0 Å². The molecule has 0 amide bonds. The van der Waals surface area contributed by atoms with Crippen molar-refractivity contribution in [2.45, 2.75) is 40.7 Å². The molecule has 0 aliphatic rings. The Balaban J connectivity index is 1.60. The Bertz CT molecular complexity index is 1260. The number of pyridine rings is 1. The minimum atomic E-state index is 0.116. The van der Waals surface area contributed by atoms with E-state index in [-0.39, 0.29) is 6.04 Å². The molecule has 32 heavy (non-hydrogen) atoms. The zero-order valence-electron chi connectivity index (χ0n) is 19.3. The Morgan fingerprint density at radius 1 is 0.969 bits per heavy atom. The zero-order valence-corrected chi connectivity index (χ0v) is 19.3. The van der Waals surface area contributed by atoms with Gasteiger partial charge < -0.3 is 14.6 Å². The minimum Gasteiger partial charge on any atom is -0.479 e. The third kappa shape index (κ3) is 4.19. The normalized spacial score (nSPS) is 11.9. The van der Waals surface area contributed by atoms with Gasteiger partial charge in [0.05, 0.1) is 30.9 Å². The molecule has 1 N–H and O–H groups in total. The summed E-state index contributed by atoms with van der Waals surface area (Å²) in [5.74, 6) is 1.27. The highest BCUT2D eigenvalue weighted by Gasteiger charge is 2.15. The van der Waals surface area contributed by atoms with Crippen molar-refractivity contribution >= 4 is 5.82 Å². The second-order valence-corrected chi connectivity index (χ2v) is 8.06. The molecule has 164 valence electrons. The smallest absolute Gasteiger partial charge is 0.238 e. The number of aromatic nitrogens is 5. The van der Waals surface area contributed by atoms with Crippen molar-refractivity contribution < 1.29 is 4.74 Å². The first kappa shape index (κ1) is 21.5. The first-order valence-corrected chi connectivity index (χ1v) is 10.6. The first-order valence-electron chi connectivity index (χ1n) is 10.6. The molecule has 4 rings (SSSR count). The number of nitrogens with zero attached hydrogens (tertiary/aromatic N) is 5. The van der Waals surface area contributed by atoms with Gasteiger partial charge in [-0.05, 0) is 75.1 Å². The highest BCUT2D eigenvalue weighted by molar-refractivity contribution is 5.61. The van der Waals surface area contributed by atoms with E-state index in [2.05, 4.69) is 64.5 Å². The average Bonchev–Trinajstić information content (AvgIpc) is 3.22. The van der Waals surface area contributed by atoms with E-state index in [1.807, 2.05) is 42.8 Å². The van der Waals surface area contributed by atoms with Crippen molar-refractivity contribution in [3.05, 3.63) is 76.9 Å². The molecule has 0 bridgehead atoms. The molecule has 0 saturated carbocycles. The predicted molar refractivity (Wildman–Crippen MR) is 126 cm³/mol. The number of anilines is 1. The van der Waals surface area contributed by atoms with Crippen LogP contribution in [0.5, 0.6) is 5.88 Å². The second-order valence-electron chi connectivity index (χ2n) is 8.06. The lowest BCUT2D eigenvalue weighted by Crippen LogP contribution is -2.12. The van der Waals surface area contributed by atoms with Gasteiger partial charge in [0.25, 0.3) is 0 Å². The van der Waals surface area contributed by atoms with Gasteiger partial charge in [-0.25, -0.2) is 9.97 Å². The maximum absolute atomic E-state index is 5.53. The predicted octanol–water partition coefficient (Wildman–Crippen LogP) is 5.14. The first-order chi connectivity index (χ1) is 15.4. The number of hydrogen-bond donors (Lipinski definition) is 1. The Labute approximate surface area is 188 Å². The summed E-state index contributed by atoms with van der Waals surface area (Å²) in [4.78, 5) is 8.93. The van der Waals surface area contributed by atoms with E-state index in [4.69, 9.17) is 4.74 Å². The summed E-state index contributed by atoms with van der Waals surface area (Å²) in [5.41, 5.74) is 7.97. The van der Waals surface area contributed by atoms with Gasteiger partial charge in [-0.3, -0.25) is 0 Å². The van der Waals surface area contributed by atoms with E-state index < -0.39 is 0 Å². The number of rotatable bonds is 6. The van der Waals surface area contributed by atoms with Gasteiger partial charge in [-0.1, -0.05) is 18.2 Å². The Hall–Kier alpha value is -3.74. The van der Waals surface area contributed by atoms with Crippen molar-refractivity contribution in [1.29, 1.82) is 0 Å². The van der Waals surface area contributed by atoms with E-state index in [1.54, 1.807) is 13.4 Å². The fourth-order valence-corrected chi connectivity index (χ4v) is 3.75. The fourth-order valence-electron chi connectivity index (χ4n) is 3.75. The quantitative estimate of drug-likeness (QED) is 0.458. The molecule has 0 spiro atoms. The standard InChI is InChI=1S/C25H28N6O/c1-15-8-7-9-20(18(15)4)19(5)27-24-16(2)12-22(29-30-24)21-10-11-23(25(28-21)32-6)31-13-17(3)26-14-31/h7-14,19H,1-6H3,(H,27,30). The number of hydrogen-bond acceptors (Lipinski definition) is 6. The SMILES string of the molecule is COc1nc(-c2cc(C)c(NC(C)c3cccc(C)c3C)nn2)ccc1-n1cnc(C)c1. The summed E-state index contributed by atoms with van der Waals surface area (Å²) in [7, 11) is 1.61. The number of nitrogens with one attached hydrogen (secondary N) is 1. The van der Waals surface area contributed by atoms with Crippen LogP contribution in [0.15, 0.2) is 48.9 Å². The van der Waals surface area contributed by atoms with Crippen LogP contribution in [0.25, 0.3) is 17.1 Å². The van der Waals surface area contributed by atoms with Crippen molar-refractivity contribution in [2.24, 2.45) is 0 Å². The number of benzene rings is 1. The Morgan fingerprint density at radius 3 is 2.47 bits per heavy atom. The molecule has 1 aromatic carbocycles. The monoisotopic (exact) mass is 428 g/mol.